The third-order valence-corrected chi connectivity index (χ3v) is 5.28. The van der Waals surface area contributed by atoms with Gasteiger partial charge in [0.1, 0.15) is 11.6 Å². The largest absolute Gasteiger partial charge is 0.322 e. The van der Waals surface area contributed by atoms with Crippen molar-refractivity contribution in [2.24, 2.45) is 0 Å². The summed E-state index contributed by atoms with van der Waals surface area (Å²) in [5, 5.41) is 10.5. The molecule has 1 aliphatic heterocycles. The first-order valence-electron chi connectivity index (χ1n) is 9.65. The molecular weight excluding hydrogens is 410 g/mol. The van der Waals surface area contributed by atoms with Crippen LogP contribution in [0.1, 0.15) is 40.4 Å². The van der Waals surface area contributed by atoms with Crippen LogP contribution in [0.2, 0.25) is 0 Å². The molecule has 5 nitrogen and oxygen atoms in total. The number of benzene rings is 2. The molecule has 1 aromatic heterocycles. The predicted octanol–water partition coefficient (Wildman–Crippen LogP) is 4.60. The van der Waals surface area contributed by atoms with Gasteiger partial charge in [-0.1, -0.05) is 6.07 Å². The number of carbonyl (C=O) groups is 1. The van der Waals surface area contributed by atoms with Gasteiger partial charge in [-0.05, 0) is 74.8 Å². The molecule has 4 rings (SSSR count). The molecule has 2 aromatic carbocycles. The lowest BCUT2D eigenvalue weighted by Gasteiger charge is -2.24. The highest BCUT2D eigenvalue weighted by Gasteiger charge is 2.27. The topological polar surface area (TPSA) is 59.0 Å². The second-order valence-electron chi connectivity index (χ2n) is 7.27. The van der Waals surface area contributed by atoms with E-state index in [0.717, 1.165) is 31.6 Å². The van der Waals surface area contributed by atoms with Crippen molar-refractivity contribution in [3.8, 4) is 5.69 Å². The molecule has 0 unspecified atom stereocenters. The zero-order valence-electron chi connectivity index (χ0n) is 16.5. The summed E-state index contributed by atoms with van der Waals surface area (Å²) in [6.07, 6.45) is 3.26. The molecular formula is C22H23ClF2N4O. The fourth-order valence-corrected chi connectivity index (χ4v) is 3.68. The molecule has 1 fully saturated rings. The molecule has 158 valence electrons. The van der Waals surface area contributed by atoms with E-state index >= 15 is 0 Å². The van der Waals surface area contributed by atoms with Gasteiger partial charge in [0.25, 0.3) is 5.91 Å². The van der Waals surface area contributed by atoms with Crippen molar-refractivity contribution in [1.82, 2.24) is 15.1 Å². The number of hydrogen-bond donors (Lipinski definition) is 2. The molecule has 0 aliphatic carbocycles. The van der Waals surface area contributed by atoms with Crippen LogP contribution in [0, 0.1) is 18.6 Å². The number of amides is 1. The number of piperidine rings is 1. The van der Waals surface area contributed by atoms with Gasteiger partial charge in [-0.15, -0.1) is 12.4 Å². The van der Waals surface area contributed by atoms with Crippen LogP contribution in [0.3, 0.4) is 0 Å². The lowest BCUT2D eigenvalue weighted by Crippen LogP contribution is -2.29. The quantitative estimate of drug-likeness (QED) is 0.633. The van der Waals surface area contributed by atoms with Crippen molar-refractivity contribution in [1.29, 1.82) is 0 Å². The highest BCUT2D eigenvalue weighted by atomic mass is 35.5. The zero-order chi connectivity index (χ0) is 20.4. The molecule has 2 N–H and O–H groups in total. The minimum atomic E-state index is -0.372. The molecule has 1 aliphatic rings. The molecule has 0 bridgehead atoms. The molecule has 0 spiro atoms. The van der Waals surface area contributed by atoms with E-state index in [4.69, 9.17) is 0 Å². The zero-order valence-corrected chi connectivity index (χ0v) is 17.3. The summed E-state index contributed by atoms with van der Waals surface area (Å²) >= 11 is 0. The number of hydrogen-bond acceptors (Lipinski definition) is 3. The first-order valence-corrected chi connectivity index (χ1v) is 9.65. The molecule has 0 saturated carbocycles. The van der Waals surface area contributed by atoms with Gasteiger partial charge in [-0.25, -0.2) is 13.5 Å². The second-order valence-corrected chi connectivity index (χ2v) is 7.27. The Bertz CT molecular complexity index is 1030. The van der Waals surface area contributed by atoms with Crippen molar-refractivity contribution in [3.05, 3.63) is 77.1 Å². The molecule has 30 heavy (non-hydrogen) atoms. The fourth-order valence-electron chi connectivity index (χ4n) is 3.68. The van der Waals surface area contributed by atoms with E-state index in [2.05, 4.69) is 15.7 Å². The Hall–Kier alpha value is -2.77. The maximum atomic E-state index is 13.9. The number of nitrogens with one attached hydrogen (secondary N) is 2. The Labute approximate surface area is 179 Å². The van der Waals surface area contributed by atoms with Crippen molar-refractivity contribution < 1.29 is 13.6 Å². The van der Waals surface area contributed by atoms with Gasteiger partial charge in [0.15, 0.2) is 0 Å². The van der Waals surface area contributed by atoms with E-state index in [1.165, 1.54) is 24.4 Å². The van der Waals surface area contributed by atoms with Gasteiger partial charge in [0.05, 0.1) is 23.1 Å². The summed E-state index contributed by atoms with van der Waals surface area (Å²) in [7, 11) is 0. The molecule has 0 atom stereocenters. The van der Waals surface area contributed by atoms with Crippen molar-refractivity contribution in [3.63, 3.8) is 0 Å². The average Bonchev–Trinajstić information content (AvgIpc) is 3.17. The van der Waals surface area contributed by atoms with Crippen LogP contribution >= 0.6 is 12.4 Å². The third kappa shape index (κ3) is 4.52. The Morgan fingerprint density at radius 3 is 2.50 bits per heavy atom. The highest BCUT2D eigenvalue weighted by Crippen LogP contribution is 2.31. The summed E-state index contributed by atoms with van der Waals surface area (Å²) in [4.78, 5) is 13.0. The number of anilines is 1. The van der Waals surface area contributed by atoms with E-state index in [9.17, 15) is 13.6 Å². The molecule has 8 heteroatoms. The molecule has 2 heterocycles. The predicted molar refractivity (Wildman–Crippen MR) is 115 cm³/mol. The van der Waals surface area contributed by atoms with Crippen LogP contribution in [0.4, 0.5) is 14.5 Å². The monoisotopic (exact) mass is 432 g/mol. The van der Waals surface area contributed by atoms with Crippen LogP contribution in [-0.4, -0.2) is 28.8 Å². The molecule has 1 saturated heterocycles. The lowest BCUT2D eigenvalue weighted by molar-refractivity contribution is 0.102. The average molecular weight is 433 g/mol. The van der Waals surface area contributed by atoms with Gasteiger partial charge in [-0.2, -0.15) is 5.10 Å². The molecule has 3 aromatic rings. The Morgan fingerprint density at radius 2 is 1.83 bits per heavy atom. The normalized spacial score (nSPS) is 14.2. The van der Waals surface area contributed by atoms with Gasteiger partial charge in [0.2, 0.25) is 0 Å². The van der Waals surface area contributed by atoms with Gasteiger partial charge in [0, 0.05) is 11.6 Å². The fraction of sp³-hybridized carbons (Fsp3) is 0.273. The Kier molecular flexibility index (Phi) is 6.84. The van der Waals surface area contributed by atoms with Gasteiger partial charge < -0.3 is 10.6 Å². The Balaban J connectivity index is 0.00000256. The number of halogens is 3. The SMILES string of the molecule is Cc1ccc(NC(=O)c2cnn(-c3ccc(F)cc3)c2C2CCNCC2)cc1F.Cl. The van der Waals surface area contributed by atoms with E-state index in [0.29, 0.717) is 22.5 Å². The summed E-state index contributed by atoms with van der Waals surface area (Å²) in [6.45, 7) is 3.37. The van der Waals surface area contributed by atoms with Crippen LogP contribution in [0.25, 0.3) is 5.69 Å². The lowest BCUT2D eigenvalue weighted by atomic mass is 9.91. The molecule has 0 radical (unpaired) electrons. The van der Waals surface area contributed by atoms with Gasteiger partial charge >= 0.3 is 0 Å². The summed E-state index contributed by atoms with van der Waals surface area (Å²) in [6, 6.07) is 10.6. The minimum absolute atomic E-state index is 0. The minimum Gasteiger partial charge on any atom is -0.322 e. The van der Waals surface area contributed by atoms with Crippen molar-refractivity contribution in [2.45, 2.75) is 25.7 Å². The van der Waals surface area contributed by atoms with Crippen LogP contribution < -0.4 is 10.6 Å². The van der Waals surface area contributed by atoms with E-state index in [1.54, 1.807) is 35.9 Å². The highest BCUT2D eigenvalue weighted by molar-refractivity contribution is 6.05. The second kappa shape index (κ2) is 9.36. The van der Waals surface area contributed by atoms with Crippen molar-refractivity contribution in [2.75, 3.05) is 18.4 Å². The van der Waals surface area contributed by atoms with Crippen LogP contribution in [-0.2, 0) is 0 Å². The first-order chi connectivity index (χ1) is 14.0. The van der Waals surface area contributed by atoms with Gasteiger partial charge in [-0.3, -0.25) is 4.79 Å². The number of nitrogens with zero attached hydrogens (tertiary/aromatic N) is 2. The first kappa shape index (κ1) is 21.9. The summed E-state index contributed by atoms with van der Waals surface area (Å²) in [5.41, 5.74) is 2.84. The summed E-state index contributed by atoms with van der Waals surface area (Å²) in [5.74, 6) is -0.901. The van der Waals surface area contributed by atoms with Crippen LogP contribution in [0.5, 0.6) is 0 Å². The maximum absolute atomic E-state index is 13.9. The van der Waals surface area contributed by atoms with E-state index in [-0.39, 0.29) is 35.9 Å². The summed E-state index contributed by atoms with van der Waals surface area (Å²) < 4.78 is 28.9. The van der Waals surface area contributed by atoms with Crippen LogP contribution in [0.15, 0.2) is 48.7 Å². The number of carbonyl (C=O) groups excluding carboxylic acids is 1. The number of aryl methyl sites for hydroxylation is 1. The van der Waals surface area contributed by atoms with E-state index < -0.39 is 0 Å². The third-order valence-electron chi connectivity index (χ3n) is 5.28. The smallest absolute Gasteiger partial charge is 0.259 e. The maximum Gasteiger partial charge on any atom is 0.259 e. The number of aromatic nitrogens is 2. The standard InChI is InChI=1S/C22H22F2N4O.ClH/c1-14-2-5-17(12-20(14)24)27-22(29)19-13-26-28(18-6-3-16(23)4-7-18)21(19)15-8-10-25-11-9-15;/h2-7,12-13,15,25H,8-11H2,1H3,(H,27,29);1H. The molecule has 1 amide bonds. The van der Waals surface area contributed by atoms with Crippen molar-refractivity contribution >= 4 is 24.0 Å². The Morgan fingerprint density at radius 1 is 1.13 bits per heavy atom. The van der Waals surface area contributed by atoms with E-state index in [1.807, 2.05) is 0 Å². The number of rotatable bonds is 4.